The van der Waals surface area contributed by atoms with Crippen molar-refractivity contribution in [1.82, 2.24) is 10.2 Å². The van der Waals surface area contributed by atoms with Gasteiger partial charge in [0, 0.05) is 31.7 Å². The Labute approximate surface area is 134 Å². The highest BCUT2D eigenvalue weighted by molar-refractivity contribution is 7.07. The molecule has 1 N–H and O–H groups in total. The number of rotatable bonds is 7. The summed E-state index contributed by atoms with van der Waals surface area (Å²) < 4.78 is 0. The minimum Gasteiger partial charge on any atom is -0.311 e. The van der Waals surface area contributed by atoms with Crippen LogP contribution in [0, 0.1) is 11.8 Å². The van der Waals surface area contributed by atoms with Gasteiger partial charge in [0.1, 0.15) is 0 Å². The summed E-state index contributed by atoms with van der Waals surface area (Å²) in [6.07, 6.45) is 3.81. The van der Waals surface area contributed by atoms with Crippen molar-refractivity contribution in [3.63, 3.8) is 0 Å². The molecule has 0 bridgehead atoms. The van der Waals surface area contributed by atoms with Crippen molar-refractivity contribution in [2.45, 2.75) is 59.0 Å². The average molecular weight is 309 g/mol. The van der Waals surface area contributed by atoms with Crippen LogP contribution in [0.1, 0.15) is 46.1 Å². The molecule has 1 aliphatic rings. The van der Waals surface area contributed by atoms with Gasteiger partial charge in [0.25, 0.3) is 0 Å². The van der Waals surface area contributed by atoms with Crippen LogP contribution >= 0.6 is 11.3 Å². The molecule has 0 saturated carbocycles. The fraction of sp³-hybridized carbons (Fsp3) is 0.778. The molecule has 0 aliphatic carbocycles. The van der Waals surface area contributed by atoms with Crippen molar-refractivity contribution >= 4 is 11.3 Å². The van der Waals surface area contributed by atoms with E-state index in [9.17, 15) is 0 Å². The molecule has 21 heavy (non-hydrogen) atoms. The van der Waals surface area contributed by atoms with Gasteiger partial charge in [-0.1, -0.05) is 27.7 Å². The van der Waals surface area contributed by atoms with Gasteiger partial charge >= 0.3 is 0 Å². The first-order chi connectivity index (χ1) is 10.0. The SMILES string of the molecule is CC(C)CC1CN(CCc2ccsc2)C(CC(C)C)CN1. The second-order valence-electron chi connectivity index (χ2n) is 7.39. The van der Waals surface area contributed by atoms with Gasteiger partial charge in [0.05, 0.1) is 0 Å². The zero-order valence-corrected chi connectivity index (χ0v) is 15.0. The number of hydrogen-bond acceptors (Lipinski definition) is 3. The Kier molecular flexibility index (Phi) is 6.72. The first-order valence-electron chi connectivity index (χ1n) is 8.53. The molecule has 2 unspecified atom stereocenters. The van der Waals surface area contributed by atoms with Crippen molar-refractivity contribution < 1.29 is 0 Å². The molecule has 2 nitrogen and oxygen atoms in total. The number of thiophene rings is 1. The summed E-state index contributed by atoms with van der Waals surface area (Å²) in [6, 6.07) is 3.67. The number of nitrogens with one attached hydrogen (secondary N) is 1. The van der Waals surface area contributed by atoms with Gasteiger partial charge in [0.2, 0.25) is 0 Å². The van der Waals surface area contributed by atoms with Crippen LogP contribution in [-0.4, -0.2) is 36.6 Å². The van der Waals surface area contributed by atoms with Crippen molar-refractivity contribution in [3.05, 3.63) is 22.4 Å². The summed E-state index contributed by atoms with van der Waals surface area (Å²) >= 11 is 1.82. The smallest absolute Gasteiger partial charge is 0.0223 e. The number of nitrogens with zero attached hydrogens (tertiary/aromatic N) is 1. The minimum atomic E-state index is 0.677. The normalized spacial score (nSPS) is 24.1. The summed E-state index contributed by atoms with van der Waals surface area (Å²) in [5, 5.41) is 8.28. The molecule has 0 radical (unpaired) electrons. The van der Waals surface area contributed by atoms with Gasteiger partial charge in [-0.25, -0.2) is 0 Å². The van der Waals surface area contributed by atoms with Gasteiger partial charge < -0.3 is 5.32 Å². The van der Waals surface area contributed by atoms with Crippen LogP contribution in [0.25, 0.3) is 0 Å². The molecule has 3 heteroatoms. The molecule has 1 fully saturated rings. The molecule has 120 valence electrons. The van der Waals surface area contributed by atoms with Gasteiger partial charge in [-0.2, -0.15) is 11.3 Å². The van der Waals surface area contributed by atoms with Crippen molar-refractivity contribution in [2.75, 3.05) is 19.6 Å². The molecule has 1 aliphatic heterocycles. The van der Waals surface area contributed by atoms with Crippen molar-refractivity contribution in [2.24, 2.45) is 11.8 Å². The minimum absolute atomic E-state index is 0.677. The Balaban J connectivity index is 1.91. The molecule has 1 aromatic rings. The van der Waals surface area contributed by atoms with E-state index in [4.69, 9.17) is 0 Å². The van der Waals surface area contributed by atoms with E-state index in [2.05, 4.69) is 54.7 Å². The standard InChI is InChI=1S/C18H32N2S/c1-14(2)9-17-12-20(7-5-16-6-8-21-13-16)18(11-19-17)10-15(3)4/h6,8,13-15,17-19H,5,7,9-12H2,1-4H3. The Morgan fingerprint density at radius 3 is 2.62 bits per heavy atom. The zero-order valence-electron chi connectivity index (χ0n) is 14.1. The third-order valence-corrected chi connectivity index (χ3v) is 5.11. The second kappa shape index (κ2) is 8.30. The molecule has 2 heterocycles. The fourth-order valence-corrected chi connectivity index (χ4v) is 4.12. The van der Waals surface area contributed by atoms with Crippen molar-refractivity contribution in [1.29, 1.82) is 0 Å². The van der Waals surface area contributed by atoms with E-state index in [0.29, 0.717) is 12.1 Å². The molecule has 2 atom stereocenters. The first kappa shape index (κ1) is 17.0. The predicted molar refractivity (Wildman–Crippen MR) is 94.1 cm³/mol. The number of piperazine rings is 1. The van der Waals surface area contributed by atoms with Crippen LogP contribution in [0.2, 0.25) is 0 Å². The van der Waals surface area contributed by atoms with Gasteiger partial charge in [-0.15, -0.1) is 0 Å². The Bertz CT molecular complexity index is 386. The van der Waals surface area contributed by atoms with E-state index in [1.807, 2.05) is 11.3 Å². The van der Waals surface area contributed by atoms with Gasteiger partial charge in [-0.05, 0) is 53.5 Å². The van der Waals surface area contributed by atoms with E-state index in [1.54, 1.807) is 0 Å². The van der Waals surface area contributed by atoms with E-state index >= 15 is 0 Å². The van der Waals surface area contributed by atoms with Crippen LogP contribution in [0.4, 0.5) is 0 Å². The van der Waals surface area contributed by atoms with Gasteiger partial charge in [-0.3, -0.25) is 4.90 Å². The zero-order chi connectivity index (χ0) is 15.2. The molecule has 0 amide bonds. The van der Waals surface area contributed by atoms with Crippen LogP contribution in [0.15, 0.2) is 16.8 Å². The molecule has 1 saturated heterocycles. The Morgan fingerprint density at radius 1 is 1.24 bits per heavy atom. The molecule has 0 aromatic carbocycles. The summed E-state index contributed by atoms with van der Waals surface area (Å²) in [5.41, 5.74) is 1.50. The lowest BCUT2D eigenvalue weighted by molar-refractivity contribution is 0.108. The second-order valence-corrected chi connectivity index (χ2v) is 8.17. The van der Waals surface area contributed by atoms with Gasteiger partial charge in [0.15, 0.2) is 0 Å². The lowest BCUT2D eigenvalue weighted by Crippen LogP contribution is -2.57. The molecule has 1 aromatic heterocycles. The number of hydrogen-bond donors (Lipinski definition) is 1. The highest BCUT2D eigenvalue weighted by Crippen LogP contribution is 2.19. The Hall–Kier alpha value is -0.380. The lowest BCUT2D eigenvalue weighted by atomic mass is 9.95. The van der Waals surface area contributed by atoms with Crippen LogP contribution in [0.3, 0.4) is 0 Å². The predicted octanol–water partition coefficient (Wildman–Crippen LogP) is 4.03. The van der Waals surface area contributed by atoms with Crippen LogP contribution in [0.5, 0.6) is 0 Å². The topological polar surface area (TPSA) is 15.3 Å². The van der Waals surface area contributed by atoms with E-state index in [-0.39, 0.29) is 0 Å². The first-order valence-corrected chi connectivity index (χ1v) is 9.47. The lowest BCUT2D eigenvalue weighted by Gasteiger charge is -2.42. The maximum atomic E-state index is 3.79. The summed E-state index contributed by atoms with van der Waals surface area (Å²) in [5.74, 6) is 1.56. The maximum absolute atomic E-state index is 3.79. The van der Waals surface area contributed by atoms with Crippen molar-refractivity contribution in [3.8, 4) is 0 Å². The quantitative estimate of drug-likeness (QED) is 0.818. The molecule has 2 rings (SSSR count). The van der Waals surface area contributed by atoms with E-state index < -0.39 is 0 Å². The Morgan fingerprint density at radius 2 is 2.00 bits per heavy atom. The average Bonchev–Trinajstić information content (AvgIpc) is 2.90. The molecule has 0 spiro atoms. The fourth-order valence-electron chi connectivity index (χ4n) is 3.41. The highest BCUT2D eigenvalue weighted by atomic mass is 32.1. The summed E-state index contributed by atoms with van der Waals surface area (Å²) in [7, 11) is 0. The van der Waals surface area contributed by atoms with Crippen LogP contribution < -0.4 is 5.32 Å². The summed E-state index contributed by atoms with van der Waals surface area (Å²) in [4.78, 5) is 2.75. The highest BCUT2D eigenvalue weighted by Gasteiger charge is 2.28. The van der Waals surface area contributed by atoms with Crippen LogP contribution in [-0.2, 0) is 6.42 Å². The molecular formula is C18H32N2S. The maximum Gasteiger partial charge on any atom is 0.0223 e. The van der Waals surface area contributed by atoms with E-state index in [0.717, 1.165) is 11.8 Å². The summed E-state index contributed by atoms with van der Waals surface area (Å²) in [6.45, 7) is 13.0. The largest absolute Gasteiger partial charge is 0.311 e. The third-order valence-electron chi connectivity index (χ3n) is 4.38. The third kappa shape index (κ3) is 5.72. The molecular weight excluding hydrogens is 276 g/mol. The monoisotopic (exact) mass is 308 g/mol. The van der Waals surface area contributed by atoms with E-state index in [1.165, 1.54) is 44.5 Å².